The zero-order valence-corrected chi connectivity index (χ0v) is 16.6. The molecule has 2 aliphatic carbocycles. The van der Waals surface area contributed by atoms with Gasteiger partial charge in [0.05, 0.1) is 5.60 Å². The van der Waals surface area contributed by atoms with Crippen molar-refractivity contribution >= 4 is 0 Å². The van der Waals surface area contributed by atoms with Gasteiger partial charge in [-0.1, -0.05) is 44.9 Å². The molecule has 2 saturated carbocycles. The predicted molar refractivity (Wildman–Crippen MR) is 105 cm³/mol. The summed E-state index contributed by atoms with van der Waals surface area (Å²) in [4.78, 5) is 2.68. The smallest absolute Gasteiger partial charge is 0.0706 e. The Hall–Kier alpha value is -0.0800. The number of fused-ring (bicyclic) bond motifs is 2. The molecule has 0 radical (unpaired) electrons. The normalized spacial score (nSPS) is 36.5. The quantitative estimate of drug-likeness (QED) is 0.722. The second kappa shape index (κ2) is 7.89. The van der Waals surface area contributed by atoms with Crippen molar-refractivity contribution in [2.75, 3.05) is 7.05 Å². The zero-order chi connectivity index (χ0) is 17.3. The van der Waals surface area contributed by atoms with Gasteiger partial charge in [-0.15, -0.1) is 0 Å². The van der Waals surface area contributed by atoms with Gasteiger partial charge in [-0.2, -0.15) is 0 Å². The Morgan fingerprint density at radius 3 is 1.68 bits per heavy atom. The topological polar surface area (TPSA) is 23.5 Å². The maximum Gasteiger partial charge on any atom is 0.0706 e. The molecule has 4 aliphatic rings. The van der Waals surface area contributed by atoms with Crippen LogP contribution in [0.25, 0.3) is 0 Å². The number of rotatable bonds is 4. The average molecular weight is 348 g/mol. The van der Waals surface area contributed by atoms with E-state index in [0.717, 1.165) is 24.4 Å². The summed E-state index contributed by atoms with van der Waals surface area (Å²) in [5.74, 6) is 1.98. The maximum atomic E-state index is 12.1. The molecule has 2 aliphatic heterocycles. The Bertz CT molecular complexity index is 392. The van der Waals surface area contributed by atoms with Gasteiger partial charge in [0.2, 0.25) is 0 Å². The van der Waals surface area contributed by atoms with Crippen LogP contribution in [0.3, 0.4) is 0 Å². The van der Waals surface area contributed by atoms with E-state index in [1.807, 2.05) is 0 Å². The first-order valence-corrected chi connectivity index (χ1v) is 11.6. The van der Waals surface area contributed by atoms with Crippen LogP contribution in [0.4, 0.5) is 0 Å². The third kappa shape index (κ3) is 3.81. The minimum absolute atomic E-state index is 0.338. The number of aliphatic hydroxyl groups is 1. The van der Waals surface area contributed by atoms with Gasteiger partial charge in [-0.25, -0.2) is 0 Å². The second-order valence-corrected chi connectivity index (χ2v) is 10.1. The molecular formula is C23H41NO. The van der Waals surface area contributed by atoms with Crippen molar-refractivity contribution < 1.29 is 5.11 Å². The van der Waals surface area contributed by atoms with E-state index >= 15 is 0 Å². The summed E-state index contributed by atoms with van der Waals surface area (Å²) >= 11 is 0. The minimum Gasteiger partial charge on any atom is -0.389 e. The van der Waals surface area contributed by atoms with Crippen LogP contribution in [0.15, 0.2) is 0 Å². The summed E-state index contributed by atoms with van der Waals surface area (Å²) in [6.45, 7) is 0. The van der Waals surface area contributed by atoms with Crippen molar-refractivity contribution in [3.05, 3.63) is 0 Å². The highest BCUT2D eigenvalue weighted by Crippen LogP contribution is 2.48. The highest BCUT2D eigenvalue weighted by atomic mass is 16.3. The zero-order valence-electron chi connectivity index (χ0n) is 16.6. The molecule has 0 spiro atoms. The maximum absolute atomic E-state index is 12.1. The number of piperidine rings is 2. The Kier molecular flexibility index (Phi) is 5.77. The summed E-state index contributed by atoms with van der Waals surface area (Å²) in [5.41, 5.74) is -0.338. The highest BCUT2D eigenvalue weighted by molar-refractivity contribution is 4.99. The first-order chi connectivity index (χ1) is 12.2. The van der Waals surface area contributed by atoms with Crippen molar-refractivity contribution in [1.29, 1.82) is 0 Å². The molecular weight excluding hydrogens is 306 g/mol. The summed E-state index contributed by atoms with van der Waals surface area (Å²) in [6, 6.07) is 1.61. The van der Waals surface area contributed by atoms with Crippen LogP contribution in [-0.2, 0) is 0 Å². The molecule has 4 fully saturated rings. The molecule has 2 saturated heterocycles. The largest absolute Gasteiger partial charge is 0.389 e. The van der Waals surface area contributed by atoms with Crippen LogP contribution in [0.1, 0.15) is 103 Å². The lowest BCUT2D eigenvalue weighted by Crippen LogP contribution is -2.53. The summed E-state index contributed by atoms with van der Waals surface area (Å²) in [6.07, 6.45) is 21.5. The van der Waals surface area contributed by atoms with Crippen LogP contribution >= 0.6 is 0 Å². The van der Waals surface area contributed by atoms with Crippen molar-refractivity contribution in [3.63, 3.8) is 0 Å². The lowest BCUT2D eigenvalue weighted by molar-refractivity contribution is -0.117. The molecule has 4 rings (SSSR count). The standard InChI is InChI=1S/C23H41NO/c1-24-21-13-8-14-22(24)16-18(15-21)17-23(25,19-9-4-2-5-10-19)20-11-6-3-7-12-20/h18-22,25H,2-17H2,1H3/t18?,21-,22+. The van der Waals surface area contributed by atoms with E-state index in [4.69, 9.17) is 0 Å². The molecule has 2 nitrogen and oxygen atoms in total. The van der Waals surface area contributed by atoms with E-state index in [-0.39, 0.29) is 5.60 Å². The Morgan fingerprint density at radius 2 is 1.20 bits per heavy atom. The van der Waals surface area contributed by atoms with E-state index in [0.29, 0.717) is 11.8 Å². The van der Waals surface area contributed by atoms with Gasteiger partial charge in [0.25, 0.3) is 0 Å². The third-order valence-corrected chi connectivity index (χ3v) is 8.68. The molecule has 2 heterocycles. The molecule has 0 amide bonds. The van der Waals surface area contributed by atoms with E-state index in [2.05, 4.69) is 11.9 Å². The Morgan fingerprint density at radius 1 is 0.720 bits per heavy atom. The lowest BCUT2D eigenvalue weighted by Gasteiger charge is -2.51. The van der Waals surface area contributed by atoms with Gasteiger partial charge < -0.3 is 10.0 Å². The van der Waals surface area contributed by atoms with E-state index in [1.54, 1.807) is 0 Å². The van der Waals surface area contributed by atoms with Crippen molar-refractivity contribution in [2.24, 2.45) is 17.8 Å². The Balaban J connectivity index is 1.49. The molecule has 3 atom stereocenters. The van der Waals surface area contributed by atoms with Gasteiger partial charge >= 0.3 is 0 Å². The molecule has 0 aromatic carbocycles. The first-order valence-electron chi connectivity index (χ1n) is 11.6. The fourth-order valence-corrected chi connectivity index (χ4v) is 7.23. The molecule has 1 unspecified atom stereocenters. The fourth-order valence-electron chi connectivity index (χ4n) is 7.23. The molecule has 0 aromatic heterocycles. The summed E-state index contributed by atoms with van der Waals surface area (Å²) < 4.78 is 0. The first kappa shape index (κ1) is 18.3. The van der Waals surface area contributed by atoms with Gasteiger partial charge in [0, 0.05) is 12.1 Å². The Labute approximate surface area is 155 Å². The van der Waals surface area contributed by atoms with Gasteiger partial charge in [-0.05, 0) is 82.6 Å². The average Bonchev–Trinajstić information content (AvgIpc) is 2.64. The van der Waals surface area contributed by atoms with Crippen LogP contribution in [0, 0.1) is 17.8 Å². The number of hydrogen-bond donors (Lipinski definition) is 1. The number of nitrogens with zero attached hydrogens (tertiary/aromatic N) is 1. The van der Waals surface area contributed by atoms with Crippen molar-refractivity contribution in [1.82, 2.24) is 4.90 Å². The van der Waals surface area contributed by atoms with Gasteiger partial charge in [0.15, 0.2) is 0 Å². The summed E-state index contributed by atoms with van der Waals surface area (Å²) in [7, 11) is 2.36. The van der Waals surface area contributed by atoms with Crippen molar-refractivity contribution in [2.45, 2.75) is 120 Å². The van der Waals surface area contributed by atoms with Crippen LogP contribution in [0.5, 0.6) is 0 Å². The monoisotopic (exact) mass is 347 g/mol. The minimum atomic E-state index is -0.338. The van der Waals surface area contributed by atoms with E-state index in [9.17, 15) is 5.11 Å². The molecule has 2 bridgehead atoms. The van der Waals surface area contributed by atoms with Crippen LogP contribution < -0.4 is 0 Å². The molecule has 1 N–H and O–H groups in total. The van der Waals surface area contributed by atoms with Gasteiger partial charge in [-0.3, -0.25) is 0 Å². The SMILES string of the molecule is CN1[C@@H]2CCC[C@H]1CC(CC(O)(C1CCCCC1)C1CCCCC1)C2. The molecule has 144 valence electrons. The predicted octanol–water partition coefficient (Wildman–Crippen LogP) is 5.53. The lowest BCUT2D eigenvalue weighted by atomic mass is 9.61. The summed E-state index contributed by atoms with van der Waals surface area (Å²) in [5, 5.41) is 12.1. The van der Waals surface area contributed by atoms with Crippen LogP contribution in [0.2, 0.25) is 0 Å². The fraction of sp³-hybridized carbons (Fsp3) is 1.00. The third-order valence-electron chi connectivity index (χ3n) is 8.68. The molecule has 2 heteroatoms. The number of hydrogen-bond acceptors (Lipinski definition) is 2. The molecule has 25 heavy (non-hydrogen) atoms. The highest BCUT2D eigenvalue weighted by Gasteiger charge is 2.47. The van der Waals surface area contributed by atoms with Crippen molar-refractivity contribution in [3.8, 4) is 0 Å². The van der Waals surface area contributed by atoms with E-state index < -0.39 is 0 Å². The second-order valence-electron chi connectivity index (χ2n) is 10.1. The molecule has 0 aromatic rings. The van der Waals surface area contributed by atoms with Gasteiger partial charge in [0.1, 0.15) is 0 Å². The van der Waals surface area contributed by atoms with E-state index in [1.165, 1.54) is 96.3 Å². The van der Waals surface area contributed by atoms with Crippen LogP contribution in [-0.4, -0.2) is 34.7 Å².